The van der Waals surface area contributed by atoms with Crippen LogP contribution in [0.5, 0.6) is 0 Å². The zero-order chi connectivity index (χ0) is 22.1. The standard InChI is InChI=1S/C23H24FN7O/c1-14(12-32)31-13-28-20-22(26-7-6-15-10-27-19-5-3-2-4-18(15)19)29-21(30-23(20)31)16-8-17(24)11-25-9-16/h4-5,8-11,13-14,27,32H,2-3,6-7,12H2,1H3,(H,26,29,30). The van der Waals surface area contributed by atoms with Crippen molar-refractivity contribution in [3.63, 3.8) is 0 Å². The molecule has 0 saturated carbocycles. The van der Waals surface area contributed by atoms with E-state index in [-0.39, 0.29) is 12.6 Å². The number of aromatic nitrogens is 6. The van der Waals surface area contributed by atoms with Crippen LogP contribution in [0, 0.1) is 5.82 Å². The second-order valence-electron chi connectivity index (χ2n) is 7.95. The summed E-state index contributed by atoms with van der Waals surface area (Å²) in [6.07, 6.45) is 13.8. The Bertz CT molecular complexity index is 1390. The third-order valence-corrected chi connectivity index (χ3v) is 5.71. The average molecular weight is 433 g/mol. The molecule has 4 aromatic rings. The van der Waals surface area contributed by atoms with Crippen LogP contribution in [0.2, 0.25) is 0 Å². The number of hydrogen-bond acceptors (Lipinski definition) is 6. The van der Waals surface area contributed by atoms with Gasteiger partial charge in [0.1, 0.15) is 11.3 Å². The minimum absolute atomic E-state index is 0.0544. The van der Waals surface area contributed by atoms with E-state index in [0.717, 1.165) is 25.5 Å². The first-order chi connectivity index (χ1) is 15.6. The van der Waals surface area contributed by atoms with Gasteiger partial charge in [0.25, 0.3) is 0 Å². The molecular formula is C23H24FN7O. The molecule has 8 nitrogen and oxygen atoms in total. The molecule has 4 heterocycles. The maximum Gasteiger partial charge on any atom is 0.166 e. The Kier molecular flexibility index (Phi) is 5.40. The number of aromatic amines is 1. The number of anilines is 1. The second kappa shape index (κ2) is 8.51. The third-order valence-electron chi connectivity index (χ3n) is 5.71. The zero-order valence-corrected chi connectivity index (χ0v) is 17.7. The number of nitrogens with one attached hydrogen (secondary N) is 2. The zero-order valence-electron chi connectivity index (χ0n) is 17.7. The van der Waals surface area contributed by atoms with Crippen molar-refractivity contribution < 1.29 is 9.50 Å². The quantitative estimate of drug-likeness (QED) is 0.411. The van der Waals surface area contributed by atoms with E-state index >= 15 is 0 Å². The molecule has 0 fully saturated rings. The fourth-order valence-corrected chi connectivity index (χ4v) is 3.99. The van der Waals surface area contributed by atoms with E-state index in [1.165, 1.54) is 28.4 Å². The summed E-state index contributed by atoms with van der Waals surface area (Å²) in [5, 5.41) is 15.5. The number of aliphatic hydroxyl groups is 1. The number of rotatable bonds is 7. The highest BCUT2D eigenvalue weighted by Crippen LogP contribution is 2.26. The SMILES string of the molecule is CC(CO)n1cnc2c(NCCc3c[nH]c4c3=CCCC=4)nc(-c3cncc(F)c3)nc21. The number of halogens is 1. The Morgan fingerprint density at radius 1 is 1.25 bits per heavy atom. The van der Waals surface area contributed by atoms with Crippen molar-refractivity contribution in [2.45, 2.75) is 32.2 Å². The van der Waals surface area contributed by atoms with Gasteiger partial charge in [-0.25, -0.2) is 19.3 Å². The fraction of sp³-hybridized carbons (Fsp3) is 0.304. The van der Waals surface area contributed by atoms with Crippen LogP contribution >= 0.6 is 0 Å². The van der Waals surface area contributed by atoms with E-state index in [2.05, 4.69) is 48.6 Å². The van der Waals surface area contributed by atoms with Crippen LogP contribution in [-0.4, -0.2) is 47.7 Å². The molecule has 164 valence electrons. The predicted octanol–water partition coefficient (Wildman–Crippen LogP) is 1.92. The highest BCUT2D eigenvalue weighted by Gasteiger charge is 2.17. The maximum absolute atomic E-state index is 13.8. The van der Waals surface area contributed by atoms with Gasteiger partial charge >= 0.3 is 0 Å². The van der Waals surface area contributed by atoms with Crippen molar-refractivity contribution in [1.82, 2.24) is 29.5 Å². The molecule has 0 bridgehead atoms. The van der Waals surface area contributed by atoms with Crippen molar-refractivity contribution in [3.8, 4) is 11.4 Å². The van der Waals surface area contributed by atoms with Gasteiger partial charge in [0.15, 0.2) is 17.3 Å². The number of hydrogen-bond donors (Lipinski definition) is 3. The Morgan fingerprint density at radius 2 is 2.12 bits per heavy atom. The number of fused-ring (bicyclic) bond motifs is 2. The van der Waals surface area contributed by atoms with Crippen molar-refractivity contribution in [2.75, 3.05) is 18.5 Å². The fourth-order valence-electron chi connectivity index (χ4n) is 3.99. The van der Waals surface area contributed by atoms with Gasteiger partial charge in [-0.2, -0.15) is 0 Å². The van der Waals surface area contributed by atoms with Gasteiger partial charge < -0.3 is 20.0 Å². The Labute approximate surface area is 183 Å². The molecule has 3 N–H and O–H groups in total. The van der Waals surface area contributed by atoms with Crippen LogP contribution in [0.3, 0.4) is 0 Å². The monoisotopic (exact) mass is 433 g/mol. The summed E-state index contributed by atoms with van der Waals surface area (Å²) in [5.74, 6) is 0.460. The Balaban J connectivity index is 1.50. The van der Waals surface area contributed by atoms with Crippen LogP contribution in [0.4, 0.5) is 10.2 Å². The van der Waals surface area contributed by atoms with Crippen LogP contribution in [0.25, 0.3) is 34.7 Å². The summed E-state index contributed by atoms with van der Waals surface area (Å²) in [5.41, 5.74) is 2.91. The predicted molar refractivity (Wildman–Crippen MR) is 121 cm³/mol. The molecule has 9 heteroatoms. The van der Waals surface area contributed by atoms with Crippen LogP contribution in [0.1, 0.15) is 31.4 Å². The first-order valence-corrected chi connectivity index (χ1v) is 10.7. The summed E-state index contributed by atoms with van der Waals surface area (Å²) >= 11 is 0. The number of aliphatic hydroxyl groups excluding tert-OH is 1. The molecule has 4 aromatic heterocycles. The Morgan fingerprint density at radius 3 is 2.97 bits per heavy atom. The lowest BCUT2D eigenvalue weighted by Crippen LogP contribution is -2.27. The van der Waals surface area contributed by atoms with Gasteiger partial charge in [-0.05, 0) is 43.0 Å². The molecule has 1 aliphatic carbocycles. The minimum atomic E-state index is -0.455. The lowest BCUT2D eigenvalue weighted by atomic mass is 10.1. The van der Waals surface area contributed by atoms with Gasteiger partial charge in [-0.3, -0.25) is 4.98 Å². The second-order valence-corrected chi connectivity index (χ2v) is 7.95. The molecule has 32 heavy (non-hydrogen) atoms. The molecule has 0 spiro atoms. The molecule has 0 aliphatic heterocycles. The van der Waals surface area contributed by atoms with Crippen molar-refractivity contribution in [2.24, 2.45) is 0 Å². The molecule has 1 atom stereocenters. The third kappa shape index (κ3) is 3.75. The molecular weight excluding hydrogens is 409 g/mol. The first kappa shape index (κ1) is 20.3. The van der Waals surface area contributed by atoms with Gasteiger partial charge in [0.2, 0.25) is 0 Å². The van der Waals surface area contributed by atoms with Crippen molar-refractivity contribution >= 4 is 29.1 Å². The highest BCUT2D eigenvalue weighted by molar-refractivity contribution is 5.85. The molecule has 0 radical (unpaired) electrons. The first-order valence-electron chi connectivity index (χ1n) is 10.7. The van der Waals surface area contributed by atoms with Crippen molar-refractivity contribution in [1.29, 1.82) is 0 Å². The molecule has 0 aromatic carbocycles. The van der Waals surface area contributed by atoms with Crippen LogP contribution < -0.4 is 15.9 Å². The lowest BCUT2D eigenvalue weighted by Gasteiger charge is -2.12. The number of imidazole rings is 1. The molecule has 0 saturated heterocycles. The van der Waals surface area contributed by atoms with Gasteiger partial charge in [0, 0.05) is 29.9 Å². The molecule has 0 amide bonds. The molecule has 1 unspecified atom stereocenters. The summed E-state index contributed by atoms with van der Waals surface area (Å²) in [6, 6.07) is 1.14. The van der Waals surface area contributed by atoms with Gasteiger partial charge in [-0.1, -0.05) is 12.2 Å². The number of pyridine rings is 1. The summed E-state index contributed by atoms with van der Waals surface area (Å²) in [4.78, 5) is 21.0. The van der Waals surface area contributed by atoms with Gasteiger partial charge in [0.05, 0.1) is 25.2 Å². The lowest BCUT2D eigenvalue weighted by molar-refractivity contribution is 0.241. The van der Waals surface area contributed by atoms with Gasteiger partial charge in [-0.15, -0.1) is 0 Å². The van der Waals surface area contributed by atoms with Crippen LogP contribution in [0.15, 0.2) is 31.0 Å². The topological polar surface area (TPSA) is 105 Å². The van der Waals surface area contributed by atoms with E-state index < -0.39 is 5.82 Å². The van der Waals surface area contributed by atoms with E-state index in [1.807, 2.05) is 6.92 Å². The van der Waals surface area contributed by atoms with E-state index in [1.54, 1.807) is 10.9 Å². The van der Waals surface area contributed by atoms with Crippen molar-refractivity contribution in [3.05, 3.63) is 52.9 Å². The van der Waals surface area contributed by atoms with Crippen LogP contribution in [-0.2, 0) is 6.42 Å². The Hall–Kier alpha value is -3.59. The minimum Gasteiger partial charge on any atom is -0.394 e. The molecule has 5 rings (SSSR count). The smallest absolute Gasteiger partial charge is 0.166 e. The number of H-pyrrole nitrogens is 1. The van der Waals surface area contributed by atoms with E-state index in [4.69, 9.17) is 0 Å². The van der Waals surface area contributed by atoms with E-state index in [0.29, 0.717) is 34.9 Å². The number of nitrogens with zero attached hydrogens (tertiary/aromatic N) is 5. The summed E-state index contributed by atoms with van der Waals surface area (Å²) < 4.78 is 15.6. The molecule has 1 aliphatic rings. The highest BCUT2D eigenvalue weighted by atomic mass is 19.1. The largest absolute Gasteiger partial charge is 0.394 e. The average Bonchev–Trinajstić information content (AvgIpc) is 3.43. The van der Waals surface area contributed by atoms with E-state index in [9.17, 15) is 9.50 Å². The summed E-state index contributed by atoms with van der Waals surface area (Å²) in [6.45, 7) is 2.47. The summed E-state index contributed by atoms with van der Waals surface area (Å²) in [7, 11) is 0. The maximum atomic E-state index is 13.8. The normalized spacial score (nSPS) is 14.0.